The third-order valence-electron chi connectivity index (χ3n) is 10.5. The van der Waals surface area contributed by atoms with Crippen LogP contribution < -0.4 is 0 Å². The fourth-order valence-corrected chi connectivity index (χ4v) is 8.08. The molecule has 0 spiro atoms. The van der Waals surface area contributed by atoms with Crippen molar-refractivity contribution in [3.05, 3.63) is 181 Å². The number of hydrogen-bond acceptors (Lipinski definition) is 5. The topological polar surface area (TPSA) is 65.0 Å². The molecule has 0 bridgehead atoms. The van der Waals surface area contributed by atoms with Crippen molar-refractivity contribution < 1.29 is 8.83 Å². The molecule has 11 rings (SSSR count). The maximum atomic E-state index is 6.62. The predicted octanol–water partition coefficient (Wildman–Crippen LogP) is 11.8. The molecule has 3 aliphatic rings. The molecule has 0 aliphatic heterocycles. The molecule has 3 aromatic heterocycles. The van der Waals surface area contributed by atoms with Crippen molar-refractivity contribution in [1.29, 1.82) is 0 Å². The van der Waals surface area contributed by atoms with Gasteiger partial charge in [-0.05, 0) is 64.7 Å². The Morgan fingerprint density at radius 2 is 1.13 bits per heavy atom. The van der Waals surface area contributed by atoms with Crippen molar-refractivity contribution in [1.82, 2.24) is 15.0 Å². The van der Waals surface area contributed by atoms with Gasteiger partial charge in [0.15, 0.2) is 17.5 Å². The highest BCUT2D eigenvalue weighted by molar-refractivity contribution is 6.13. The maximum Gasteiger partial charge on any atom is 0.164 e. The van der Waals surface area contributed by atoms with E-state index in [1.54, 1.807) is 0 Å². The van der Waals surface area contributed by atoms with E-state index < -0.39 is 0 Å². The summed E-state index contributed by atoms with van der Waals surface area (Å²) in [6, 6.07) is 37.0. The van der Waals surface area contributed by atoms with Gasteiger partial charge >= 0.3 is 0 Å². The van der Waals surface area contributed by atoms with Crippen LogP contribution in [0, 0.1) is 11.8 Å². The second kappa shape index (κ2) is 11.3. The minimum Gasteiger partial charge on any atom is -0.456 e. The Hall–Kier alpha value is -6.85. The number of rotatable bonds is 4. The van der Waals surface area contributed by atoms with E-state index in [9.17, 15) is 0 Å². The summed E-state index contributed by atoms with van der Waals surface area (Å²) in [5.41, 5.74) is 10.8. The number of aromatic nitrogens is 3. The number of allylic oxidation sites excluding steroid dienone is 12. The molecule has 0 saturated carbocycles. The quantitative estimate of drug-likeness (QED) is 0.187. The Labute approximate surface area is 299 Å². The van der Waals surface area contributed by atoms with Gasteiger partial charge in [-0.25, -0.2) is 15.0 Å². The third-order valence-corrected chi connectivity index (χ3v) is 10.5. The molecule has 0 radical (unpaired) electrons. The van der Waals surface area contributed by atoms with E-state index in [1.165, 1.54) is 16.7 Å². The molecule has 8 aromatic rings. The van der Waals surface area contributed by atoms with Gasteiger partial charge in [0.1, 0.15) is 22.3 Å². The van der Waals surface area contributed by atoms with Crippen LogP contribution in [0.25, 0.3) is 83.6 Å². The zero-order chi connectivity index (χ0) is 34.2. The van der Waals surface area contributed by atoms with Crippen molar-refractivity contribution >= 4 is 49.5 Å². The average Bonchev–Trinajstić information content (AvgIpc) is 3.78. The summed E-state index contributed by atoms with van der Waals surface area (Å²) in [7, 11) is 0. The Kier molecular flexibility index (Phi) is 6.31. The Morgan fingerprint density at radius 1 is 0.462 bits per heavy atom. The molecule has 2 atom stereocenters. The van der Waals surface area contributed by atoms with Crippen LogP contribution in [-0.4, -0.2) is 15.0 Å². The first-order chi connectivity index (χ1) is 25.7. The second-order valence-electron chi connectivity index (χ2n) is 13.5. The molecule has 0 amide bonds. The summed E-state index contributed by atoms with van der Waals surface area (Å²) in [6.07, 6.45) is 20.0. The zero-order valence-electron chi connectivity index (χ0n) is 27.9. The minimum atomic E-state index is 0.249. The molecule has 3 heterocycles. The number of nitrogens with zero attached hydrogens (tertiary/aromatic N) is 3. The van der Waals surface area contributed by atoms with E-state index in [0.29, 0.717) is 23.4 Å². The molecule has 5 heteroatoms. The molecule has 5 aromatic carbocycles. The summed E-state index contributed by atoms with van der Waals surface area (Å²) < 4.78 is 12.8. The highest BCUT2D eigenvalue weighted by Crippen LogP contribution is 2.46. The summed E-state index contributed by atoms with van der Waals surface area (Å²) in [5, 5.41) is 4.08. The lowest BCUT2D eigenvalue weighted by atomic mass is 9.70. The summed E-state index contributed by atoms with van der Waals surface area (Å²) in [5.74, 6) is 2.34. The van der Waals surface area contributed by atoms with Gasteiger partial charge in [-0.15, -0.1) is 0 Å². The van der Waals surface area contributed by atoms with Gasteiger partial charge < -0.3 is 8.83 Å². The van der Waals surface area contributed by atoms with Crippen LogP contribution in [0.15, 0.2) is 184 Å². The smallest absolute Gasteiger partial charge is 0.164 e. The number of furan rings is 2. The van der Waals surface area contributed by atoms with Crippen LogP contribution >= 0.6 is 0 Å². The Bertz CT molecular complexity index is 2970. The van der Waals surface area contributed by atoms with Gasteiger partial charge in [-0.2, -0.15) is 0 Å². The van der Waals surface area contributed by atoms with E-state index in [2.05, 4.69) is 91.1 Å². The molecule has 0 saturated heterocycles. The van der Waals surface area contributed by atoms with Crippen molar-refractivity contribution in [3.8, 4) is 34.2 Å². The Balaban J connectivity index is 1.18. The highest BCUT2D eigenvalue weighted by atomic mass is 16.3. The lowest BCUT2D eigenvalue weighted by molar-refractivity contribution is 0.618. The fourth-order valence-electron chi connectivity index (χ4n) is 8.08. The first-order valence-corrected chi connectivity index (χ1v) is 17.6. The van der Waals surface area contributed by atoms with Crippen molar-refractivity contribution in [2.24, 2.45) is 11.8 Å². The standard InChI is InChI=1S/C47H29N3O2/c1-2-12-28(13-3-1)45-48-46(30-22-23-42-38(25-30)35-18-8-10-20-40(35)51-42)50-47(49-45)39-26-31(27-43-44(39)36-19-9-11-21-41(36)52-43)37-24-29-14-4-5-15-32(29)33-16-6-7-17-34(33)37/h1-27,32-33H. The number of para-hydroxylation sites is 2. The van der Waals surface area contributed by atoms with E-state index in [1.807, 2.05) is 72.8 Å². The van der Waals surface area contributed by atoms with Gasteiger partial charge in [-0.3, -0.25) is 0 Å². The van der Waals surface area contributed by atoms with Crippen LogP contribution in [0.3, 0.4) is 0 Å². The van der Waals surface area contributed by atoms with Gasteiger partial charge in [0.2, 0.25) is 0 Å². The summed E-state index contributed by atoms with van der Waals surface area (Å²) in [6.45, 7) is 0. The van der Waals surface area contributed by atoms with Crippen LogP contribution in [-0.2, 0) is 0 Å². The molecule has 0 fully saturated rings. The first kappa shape index (κ1) is 28.9. The highest BCUT2D eigenvalue weighted by Gasteiger charge is 2.31. The predicted molar refractivity (Wildman–Crippen MR) is 209 cm³/mol. The zero-order valence-corrected chi connectivity index (χ0v) is 27.9. The van der Waals surface area contributed by atoms with Crippen molar-refractivity contribution in [3.63, 3.8) is 0 Å². The SMILES string of the molecule is C1=CC2=CC(c3cc(-c4nc(-c5ccccc5)nc(-c5ccc6oc7ccccc7c6c5)n4)c4c(c3)oc3ccccc34)=C3C=CC=CC3C2C=C1. The lowest BCUT2D eigenvalue weighted by Crippen LogP contribution is -2.21. The maximum absolute atomic E-state index is 6.62. The van der Waals surface area contributed by atoms with Crippen LogP contribution in [0.5, 0.6) is 0 Å². The number of hydrogen-bond donors (Lipinski definition) is 0. The van der Waals surface area contributed by atoms with E-state index in [0.717, 1.165) is 66.1 Å². The molecular weight excluding hydrogens is 639 g/mol. The lowest BCUT2D eigenvalue weighted by Gasteiger charge is -2.33. The fraction of sp³-hybridized carbons (Fsp3) is 0.0426. The molecule has 3 aliphatic carbocycles. The molecule has 5 nitrogen and oxygen atoms in total. The summed E-state index contributed by atoms with van der Waals surface area (Å²) in [4.78, 5) is 15.6. The molecular formula is C47H29N3O2. The van der Waals surface area contributed by atoms with E-state index >= 15 is 0 Å². The van der Waals surface area contributed by atoms with Crippen molar-refractivity contribution in [2.75, 3.05) is 0 Å². The van der Waals surface area contributed by atoms with Gasteiger partial charge in [0.05, 0.1) is 0 Å². The van der Waals surface area contributed by atoms with E-state index in [-0.39, 0.29) is 5.92 Å². The average molecular weight is 668 g/mol. The van der Waals surface area contributed by atoms with Crippen LogP contribution in [0.1, 0.15) is 5.56 Å². The molecule has 52 heavy (non-hydrogen) atoms. The summed E-state index contributed by atoms with van der Waals surface area (Å²) >= 11 is 0. The van der Waals surface area contributed by atoms with Gasteiger partial charge in [0.25, 0.3) is 0 Å². The van der Waals surface area contributed by atoms with Crippen LogP contribution in [0.2, 0.25) is 0 Å². The molecule has 244 valence electrons. The molecule has 2 unspecified atom stereocenters. The van der Waals surface area contributed by atoms with Crippen LogP contribution in [0.4, 0.5) is 0 Å². The van der Waals surface area contributed by atoms with Gasteiger partial charge in [0, 0.05) is 50.1 Å². The second-order valence-corrected chi connectivity index (χ2v) is 13.5. The third kappa shape index (κ3) is 4.53. The largest absolute Gasteiger partial charge is 0.456 e. The Morgan fingerprint density at radius 3 is 2.00 bits per heavy atom. The normalized spacial score (nSPS) is 17.7. The molecule has 0 N–H and O–H groups in total. The van der Waals surface area contributed by atoms with E-state index in [4.69, 9.17) is 23.8 Å². The first-order valence-electron chi connectivity index (χ1n) is 17.6. The number of fused-ring (bicyclic) bond motifs is 9. The monoisotopic (exact) mass is 667 g/mol. The minimum absolute atomic E-state index is 0.249. The van der Waals surface area contributed by atoms with Gasteiger partial charge in [-0.1, -0.05) is 121 Å². The number of benzene rings is 5. The van der Waals surface area contributed by atoms with Crippen molar-refractivity contribution in [2.45, 2.75) is 0 Å².